The first kappa shape index (κ1) is 16.0. The van der Waals surface area contributed by atoms with Gasteiger partial charge in [-0.15, -0.1) is 0 Å². The first-order valence-corrected chi connectivity index (χ1v) is 5.19. The van der Waals surface area contributed by atoms with Gasteiger partial charge < -0.3 is 34.4 Å². The molecule has 8 nitrogen and oxygen atoms in total. The van der Waals surface area contributed by atoms with Gasteiger partial charge >= 0.3 is 29.6 Å². The second kappa shape index (κ2) is 6.04. The van der Waals surface area contributed by atoms with Crippen LogP contribution in [0.1, 0.15) is 0 Å². The van der Waals surface area contributed by atoms with Crippen LogP contribution in [-0.2, 0) is 13.8 Å². The molecule has 1 saturated heterocycles. The first-order chi connectivity index (χ1) is 6.31. The molecule has 84 valence electrons. The molecule has 4 N–H and O–H groups in total. The molecule has 0 aromatic heterocycles. The molecule has 1 heterocycles. The molecule has 0 aliphatic carbocycles. The van der Waals surface area contributed by atoms with Gasteiger partial charge in [-0.3, -0.25) is 4.57 Å². The maximum atomic E-state index is 10.3. The summed E-state index contributed by atoms with van der Waals surface area (Å²) in [5.74, 6) is 0. The van der Waals surface area contributed by atoms with Crippen LogP contribution in [0.25, 0.3) is 0 Å². The molecule has 1 fully saturated rings. The number of aliphatic hydroxyl groups is 3. The molecule has 10 heteroatoms. The van der Waals surface area contributed by atoms with Crippen LogP contribution < -0.4 is 34.5 Å². The molecule has 1 aliphatic heterocycles. The molecule has 2 unspecified atom stereocenters. The van der Waals surface area contributed by atoms with Gasteiger partial charge in [0.15, 0.2) is 6.29 Å². The van der Waals surface area contributed by atoms with Crippen molar-refractivity contribution in [1.82, 2.24) is 0 Å². The summed E-state index contributed by atoms with van der Waals surface area (Å²) >= 11 is 0. The van der Waals surface area contributed by atoms with Gasteiger partial charge in [0, 0.05) is 0 Å². The van der Waals surface area contributed by atoms with Gasteiger partial charge in [0.1, 0.15) is 18.3 Å². The average molecular weight is 252 g/mol. The van der Waals surface area contributed by atoms with E-state index >= 15 is 0 Å². The van der Waals surface area contributed by atoms with Crippen LogP contribution in [0.15, 0.2) is 0 Å². The Bertz CT molecular complexity index is 243. The maximum absolute atomic E-state index is 10.3. The third-order valence-electron chi connectivity index (χ3n) is 1.72. The predicted molar refractivity (Wildman–Crippen MR) is 38.7 cm³/mol. The number of hydrogen-bond acceptors (Lipinski definition) is 7. The number of rotatable bonds is 2. The van der Waals surface area contributed by atoms with Crippen molar-refractivity contribution in [3.05, 3.63) is 0 Å². The Morgan fingerprint density at radius 3 is 2.33 bits per heavy atom. The molecule has 0 amide bonds. The molecule has 1 rings (SSSR count). The molecule has 0 bridgehead atoms. The average Bonchev–Trinajstić information content (AvgIpc) is 2.04. The molecule has 5 atom stereocenters. The molecule has 1 aliphatic rings. The van der Waals surface area contributed by atoms with Gasteiger partial charge in [-0.1, -0.05) is 0 Å². The van der Waals surface area contributed by atoms with Gasteiger partial charge in [0.25, 0.3) is 7.82 Å². The van der Waals surface area contributed by atoms with Gasteiger partial charge in [0.05, 0.1) is 6.61 Å². The van der Waals surface area contributed by atoms with E-state index < -0.39 is 39.0 Å². The summed E-state index contributed by atoms with van der Waals surface area (Å²) in [4.78, 5) is 18.6. The zero-order chi connectivity index (χ0) is 10.9. The quantitative estimate of drug-likeness (QED) is 0.281. The van der Waals surface area contributed by atoms with Crippen LogP contribution >= 0.6 is 7.82 Å². The number of phosphoric acid groups is 1. The number of ether oxygens (including phenoxy) is 1. The number of aliphatic hydroxyl groups excluding tert-OH is 3. The Kier molecular flexibility index (Phi) is 6.42. The number of hydrogen-bond donors (Lipinski definition) is 4. The minimum atomic E-state index is -5.00. The summed E-state index contributed by atoms with van der Waals surface area (Å²) in [5, 5.41) is 27.1. The summed E-state index contributed by atoms with van der Waals surface area (Å²) in [6, 6.07) is 0. The zero-order valence-corrected chi connectivity index (χ0v) is 10.8. The van der Waals surface area contributed by atoms with Crippen LogP contribution in [-0.4, -0.2) is 51.4 Å². The van der Waals surface area contributed by atoms with Crippen LogP contribution in [0.4, 0.5) is 0 Å². The van der Waals surface area contributed by atoms with E-state index in [2.05, 4.69) is 9.26 Å². The van der Waals surface area contributed by atoms with Crippen molar-refractivity contribution in [2.75, 3.05) is 6.61 Å². The normalized spacial score (nSPS) is 40.3. The summed E-state index contributed by atoms with van der Waals surface area (Å²) in [7, 11) is -5.00. The van der Waals surface area contributed by atoms with Crippen molar-refractivity contribution >= 4 is 7.82 Å². The smallest absolute Gasteiger partial charge is 0.756 e. The fourth-order valence-corrected chi connectivity index (χ4v) is 1.57. The van der Waals surface area contributed by atoms with E-state index in [-0.39, 0.29) is 29.6 Å². The van der Waals surface area contributed by atoms with Gasteiger partial charge in [-0.25, -0.2) is 0 Å². The van der Waals surface area contributed by atoms with Crippen molar-refractivity contribution in [3.63, 3.8) is 0 Å². The monoisotopic (exact) mass is 252 g/mol. The molecule has 0 aromatic rings. The van der Waals surface area contributed by atoms with Gasteiger partial charge in [0.2, 0.25) is 0 Å². The molecular weight excluding hydrogens is 242 g/mol. The zero-order valence-electron chi connectivity index (χ0n) is 7.89. The molecular formula is C5H10NaO8P. The number of phosphoric ester groups is 1. The van der Waals surface area contributed by atoms with E-state index in [4.69, 9.17) is 15.1 Å². The predicted octanol–water partition coefficient (Wildman–Crippen LogP) is -6.09. The van der Waals surface area contributed by atoms with Crippen LogP contribution in [0.2, 0.25) is 0 Å². The van der Waals surface area contributed by atoms with Crippen molar-refractivity contribution in [2.45, 2.75) is 24.6 Å². The molecule has 15 heavy (non-hydrogen) atoms. The fourth-order valence-electron chi connectivity index (χ4n) is 1.04. The van der Waals surface area contributed by atoms with Crippen molar-refractivity contribution in [2.24, 2.45) is 0 Å². The first-order valence-electron chi connectivity index (χ1n) is 3.69. The van der Waals surface area contributed by atoms with Crippen molar-refractivity contribution < 1.29 is 68.5 Å². The van der Waals surface area contributed by atoms with E-state index in [0.717, 1.165) is 0 Å². The molecule has 0 spiro atoms. The summed E-state index contributed by atoms with van der Waals surface area (Å²) < 4.78 is 18.8. The van der Waals surface area contributed by atoms with E-state index in [0.29, 0.717) is 0 Å². The Morgan fingerprint density at radius 1 is 1.33 bits per heavy atom. The Morgan fingerprint density at radius 2 is 1.87 bits per heavy atom. The third-order valence-corrected chi connectivity index (χ3v) is 2.26. The Balaban J connectivity index is 0.00000196. The van der Waals surface area contributed by atoms with E-state index in [1.165, 1.54) is 0 Å². The second-order valence-corrected chi connectivity index (χ2v) is 3.97. The fraction of sp³-hybridized carbons (Fsp3) is 1.00. The van der Waals surface area contributed by atoms with Crippen LogP contribution in [0, 0.1) is 0 Å². The molecule has 0 saturated carbocycles. The van der Waals surface area contributed by atoms with E-state index in [9.17, 15) is 14.6 Å². The molecule has 0 aromatic carbocycles. The van der Waals surface area contributed by atoms with Crippen molar-refractivity contribution in [1.29, 1.82) is 0 Å². The SMILES string of the molecule is O=P([O-])(O)O[C@@H]1COC(O)[C@H](O)[C@H]1O.[Na+]. The minimum absolute atomic E-state index is 0. The maximum Gasteiger partial charge on any atom is 1.00 e. The van der Waals surface area contributed by atoms with E-state index in [1.807, 2.05) is 0 Å². The molecule has 0 radical (unpaired) electrons. The summed E-state index contributed by atoms with van der Waals surface area (Å²) in [6.45, 7) is -0.452. The van der Waals surface area contributed by atoms with Crippen LogP contribution in [0.3, 0.4) is 0 Å². The van der Waals surface area contributed by atoms with E-state index in [1.54, 1.807) is 0 Å². The second-order valence-electron chi connectivity index (χ2n) is 2.82. The standard InChI is InChI=1S/C5H11O8P.Na/c6-3-2(13-14(9,10)11)1-12-5(8)4(3)7;/h2-8H,1H2,(H2,9,10,11);/q;+1/p-1/t2-,3+,4-,5?;/m1./s1. The third kappa shape index (κ3) is 4.76. The summed E-state index contributed by atoms with van der Waals surface area (Å²) in [5.41, 5.74) is 0. The Labute approximate surface area is 107 Å². The van der Waals surface area contributed by atoms with Crippen LogP contribution in [0.5, 0.6) is 0 Å². The Hall–Kier alpha value is 0.950. The van der Waals surface area contributed by atoms with Gasteiger partial charge in [-0.05, 0) is 0 Å². The van der Waals surface area contributed by atoms with Gasteiger partial charge in [-0.2, -0.15) is 0 Å². The largest absolute Gasteiger partial charge is 1.00 e. The summed E-state index contributed by atoms with van der Waals surface area (Å²) in [6.07, 6.45) is -6.36. The van der Waals surface area contributed by atoms with Crippen molar-refractivity contribution in [3.8, 4) is 0 Å². The minimum Gasteiger partial charge on any atom is -0.756 e. The topological polar surface area (TPSA) is 140 Å².